The number of amides is 1. The first-order chi connectivity index (χ1) is 11.0. The molecule has 0 aliphatic carbocycles. The zero-order valence-electron chi connectivity index (χ0n) is 14.5. The minimum absolute atomic E-state index is 0.0329. The zero-order chi connectivity index (χ0) is 16.8. The summed E-state index contributed by atoms with van der Waals surface area (Å²) in [7, 11) is 0. The first-order valence-corrected chi connectivity index (χ1v) is 8.23. The topological polar surface area (TPSA) is 45.7 Å². The van der Waals surface area contributed by atoms with Gasteiger partial charge in [0, 0.05) is 17.2 Å². The van der Waals surface area contributed by atoms with Crippen molar-refractivity contribution < 1.29 is 10.1 Å². The average Bonchev–Trinajstić information content (AvgIpc) is 2.52. The van der Waals surface area contributed by atoms with E-state index in [1.807, 2.05) is 56.3 Å². The Bertz CT molecular complexity index is 650. The van der Waals surface area contributed by atoms with E-state index in [0.717, 1.165) is 28.9 Å². The van der Waals surface area contributed by atoms with Gasteiger partial charge in [-0.15, -0.1) is 0 Å². The average molecular weight is 311 g/mol. The maximum Gasteiger partial charge on any atom is 0.287 e. The van der Waals surface area contributed by atoms with E-state index in [4.69, 9.17) is 0 Å². The standard InChI is InChI=1S/C20H26N2O/c1-14(2)13-21-19(17-8-6-5-7-9-17)20(23)22-18-12-15(3)10-11-16(18)4/h5-12,14,19,21H,13H2,1-4H3,(H,22,23)/p+1/t19-/m1/s1. The van der Waals surface area contributed by atoms with Crippen molar-refractivity contribution in [1.29, 1.82) is 0 Å². The van der Waals surface area contributed by atoms with Crippen molar-refractivity contribution in [2.24, 2.45) is 5.92 Å². The van der Waals surface area contributed by atoms with Gasteiger partial charge < -0.3 is 10.6 Å². The van der Waals surface area contributed by atoms with Crippen LogP contribution in [0.1, 0.15) is 36.6 Å². The molecule has 2 aromatic carbocycles. The van der Waals surface area contributed by atoms with Gasteiger partial charge in [-0.25, -0.2) is 0 Å². The fraction of sp³-hybridized carbons (Fsp3) is 0.350. The lowest BCUT2D eigenvalue weighted by atomic mass is 10.0. The molecule has 0 bridgehead atoms. The van der Waals surface area contributed by atoms with E-state index in [1.165, 1.54) is 0 Å². The molecule has 0 saturated carbocycles. The predicted molar refractivity (Wildman–Crippen MR) is 95.4 cm³/mol. The summed E-state index contributed by atoms with van der Waals surface area (Å²) in [5, 5.41) is 5.23. The van der Waals surface area contributed by atoms with Gasteiger partial charge in [0.15, 0.2) is 6.04 Å². The largest absolute Gasteiger partial charge is 0.332 e. The van der Waals surface area contributed by atoms with Crippen molar-refractivity contribution in [3.05, 3.63) is 65.2 Å². The molecule has 0 unspecified atom stereocenters. The molecule has 0 radical (unpaired) electrons. The second kappa shape index (κ2) is 7.93. The van der Waals surface area contributed by atoms with E-state index < -0.39 is 0 Å². The van der Waals surface area contributed by atoms with Gasteiger partial charge in [-0.2, -0.15) is 0 Å². The molecule has 1 atom stereocenters. The zero-order valence-corrected chi connectivity index (χ0v) is 14.5. The predicted octanol–water partition coefficient (Wildman–Crippen LogP) is 3.20. The third-order valence-corrected chi connectivity index (χ3v) is 3.94. The number of quaternary nitrogens is 1. The molecule has 23 heavy (non-hydrogen) atoms. The molecule has 3 heteroatoms. The molecule has 0 spiro atoms. The number of carbonyl (C=O) groups excluding carboxylic acids is 1. The maximum atomic E-state index is 12.8. The van der Waals surface area contributed by atoms with Crippen molar-refractivity contribution in [2.45, 2.75) is 33.7 Å². The Kier molecular flexibility index (Phi) is 5.94. The Morgan fingerprint density at radius 1 is 1.09 bits per heavy atom. The Morgan fingerprint density at radius 2 is 1.78 bits per heavy atom. The van der Waals surface area contributed by atoms with Crippen molar-refractivity contribution in [1.82, 2.24) is 0 Å². The molecule has 0 fully saturated rings. The van der Waals surface area contributed by atoms with Gasteiger partial charge in [-0.05, 0) is 31.0 Å². The quantitative estimate of drug-likeness (QED) is 0.845. The second-order valence-electron chi connectivity index (χ2n) is 6.56. The highest BCUT2D eigenvalue weighted by Gasteiger charge is 2.24. The van der Waals surface area contributed by atoms with Crippen LogP contribution in [0.5, 0.6) is 0 Å². The Balaban J connectivity index is 2.20. The van der Waals surface area contributed by atoms with Gasteiger partial charge in [0.05, 0.1) is 6.54 Å². The highest BCUT2D eigenvalue weighted by molar-refractivity contribution is 5.95. The minimum atomic E-state index is -0.224. The van der Waals surface area contributed by atoms with Gasteiger partial charge in [0.25, 0.3) is 5.91 Å². The van der Waals surface area contributed by atoms with Crippen LogP contribution >= 0.6 is 0 Å². The summed E-state index contributed by atoms with van der Waals surface area (Å²) in [4.78, 5) is 12.8. The molecule has 0 aliphatic heterocycles. The van der Waals surface area contributed by atoms with Gasteiger partial charge in [-0.3, -0.25) is 4.79 Å². The normalized spacial score (nSPS) is 12.2. The van der Waals surface area contributed by atoms with Crippen LogP contribution in [-0.2, 0) is 4.79 Å². The van der Waals surface area contributed by atoms with Gasteiger partial charge >= 0.3 is 0 Å². The Morgan fingerprint density at radius 3 is 2.43 bits per heavy atom. The van der Waals surface area contributed by atoms with Crippen LogP contribution in [0.3, 0.4) is 0 Å². The van der Waals surface area contributed by atoms with E-state index in [1.54, 1.807) is 0 Å². The number of aryl methyl sites for hydroxylation is 2. The number of nitrogens with one attached hydrogen (secondary N) is 1. The van der Waals surface area contributed by atoms with Gasteiger partial charge in [0.1, 0.15) is 0 Å². The fourth-order valence-electron chi connectivity index (χ4n) is 2.54. The minimum Gasteiger partial charge on any atom is -0.332 e. The van der Waals surface area contributed by atoms with Crippen LogP contribution < -0.4 is 10.6 Å². The van der Waals surface area contributed by atoms with Gasteiger partial charge in [0.2, 0.25) is 0 Å². The summed E-state index contributed by atoms with van der Waals surface area (Å²) in [6, 6.07) is 15.9. The number of anilines is 1. The lowest BCUT2D eigenvalue weighted by molar-refractivity contribution is -0.686. The van der Waals surface area contributed by atoms with Crippen molar-refractivity contribution in [3.63, 3.8) is 0 Å². The van der Waals surface area contributed by atoms with Crippen LogP contribution in [-0.4, -0.2) is 12.5 Å². The third-order valence-electron chi connectivity index (χ3n) is 3.94. The van der Waals surface area contributed by atoms with E-state index in [0.29, 0.717) is 5.92 Å². The molecule has 0 saturated heterocycles. The lowest BCUT2D eigenvalue weighted by Gasteiger charge is -2.18. The molecule has 2 rings (SSSR count). The molecule has 0 heterocycles. The maximum absolute atomic E-state index is 12.8. The smallest absolute Gasteiger partial charge is 0.287 e. The summed E-state index contributed by atoms with van der Waals surface area (Å²) in [6.45, 7) is 9.31. The number of hydrogen-bond acceptors (Lipinski definition) is 1. The summed E-state index contributed by atoms with van der Waals surface area (Å²) in [5.41, 5.74) is 4.16. The van der Waals surface area contributed by atoms with E-state index in [9.17, 15) is 4.79 Å². The first kappa shape index (κ1) is 17.2. The highest BCUT2D eigenvalue weighted by Crippen LogP contribution is 2.18. The van der Waals surface area contributed by atoms with E-state index in [2.05, 4.69) is 30.5 Å². The van der Waals surface area contributed by atoms with Crippen molar-refractivity contribution in [2.75, 3.05) is 11.9 Å². The number of nitrogens with two attached hydrogens (primary N) is 1. The van der Waals surface area contributed by atoms with Crippen molar-refractivity contribution >= 4 is 11.6 Å². The van der Waals surface area contributed by atoms with Crippen LogP contribution in [0.2, 0.25) is 0 Å². The van der Waals surface area contributed by atoms with Crippen LogP contribution in [0.25, 0.3) is 0 Å². The molecule has 2 aromatic rings. The van der Waals surface area contributed by atoms with Crippen molar-refractivity contribution in [3.8, 4) is 0 Å². The monoisotopic (exact) mass is 311 g/mol. The SMILES string of the molecule is Cc1ccc(C)c(NC(=O)[C@H]([NH2+]CC(C)C)c2ccccc2)c1. The van der Waals surface area contributed by atoms with E-state index >= 15 is 0 Å². The van der Waals surface area contributed by atoms with Gasteiger partial charge in [-0.1, -0.05) is 56.3 Å². The number of rotatable bonds is 6. The molecule has 3 N–H and O–H groups in total. The summed E-state index contributed by atoms with van der Waals surface area (Å²) >= 11 is 0. The fourth-order valence-corrected chi connectivity index (χ4v) is 2.54. The first-order valence-electron chi connectivity index (χ1n) is 8.23. The molecule has 3 nitrogen and oxygen atoms in total. The lowest BCUT2D eigenvalue weighted by Crippen LogP contribution is -2.88. The molecular formula is C20H27N2O+. The van der Waals surface area contributed by atoms with Crippen LogP contribution in [0.4, 0.5) is 5.69 Å². The molecular weight excluding hydrogens is 284 g/mol. The summed E-state index contributed by atoms with van der Waals surface area (Å²) < 4.78 is 0. The summed E-state index contributed by atoms with van der Waals surface area (Å²) in [5.74, 6) is 0.570. The number of hydrogen-bond donors (Lipinski definition) is 2. The third kappa shape index (κ3) is 4.93. The molecule has 1 amide bonds. The van der Waals surface area contributed by atoms with Crippen LogP contribution in [0.15, 0.2) is 48.5 Å². The Labute approximate surface area is 139 Å². The second-order valence-corrected chi connectivity index (χ2v) is 6.56. The highest BCUT2D eigenvalue weighted by atomic mass is 16.2. The molecule has 122 valence electrons. The van der Waals surface area contributed by atoms with Crippen LogP contribution in [0, 0.1) is 19.8 Å². The molecule has 0 aromatic heterocycles. The molecule has 0 aliphatic rings. The van der Waals surface area contributed by atoms with E-state index in [-0.39, 0.29) is 11.9 Å². The number of carbonyl (C=O) groups is 1. The number of benzene rings is 2. The summed E-state index contributed by atoms with van der Waals surface area (Å²) in [6.07, 6.45) is 0. The Hall–Kier alpha value is -2.13.